The molecule has 2 heterocycles. The van der Waals surface area contributed by atoms with Gasteiger partial charge in [0.2, 0.25) is 0 Å². The Balaban J connectivity index is 2.14. The third kappa shape index (κ3) is 2.59. The van der Waals surface area contributed by atoms with Crippen molar-refractivity contribution in [3.8, 4) is 0 Å². The van der Waals surface area contributed by atoms with Gasteiger partial charge in [-0.05, 0) is 13.0 Å². The Labute approximate surface area is 103 Å². The van der Waals surface area contributed by atoms with Crippen LogP contribution in [0.5, 0.6) is 0 Å². The van der Waals surface area contributed by atoms with E-state index in [-0.39, 0.29) is 0 Å². The third-order valence-electron chi connectivity index (χ3n) is 2.37. The second-order valence-corrected chi connectivity index (χ2v) is 4.44. The van der Waals surface area contributed by atoms with Gasteiger partial charge in [0.15, 0.2) is 0 Å². The Morgan fingerprint density at radius 3 is 3.06 bits per heavy atom. The lowest BCUT2D eigenvalue weighted by Gasteiger charge is -2.08. The number of rotatable bonds is 4. The van der Waals surface area contributed by atoms with Crippen LogP contribution >= 0.6 is 11.3 Å². The van der Waals surface area contributed by atoms with Crippen LogP contribution in [0.4, 0.5) is 5.69 Å². The first-order chi connectivity index (χ1) is 8.18. The van der Waals surface area contributed by atoms with Crippen LogP contribution in [-0.2, 0) is 6.54 Å². The highest BCUT2D eigenvalue weighted by Crippen LogP contribution is 2.17. The van der Waals surface area contributed by atoms with Crippen molar-refractivity contribution in [2.75, 3.05) is 5.32 Å². The molecule has 88 valence electrons. The molecule has 0 aromatic carbocycles. The molecule has 0 saturated carbocycles. The van der Waals surface area contributed by atoms with E-state index in [2.05, 4.69) is 15.3 Å². The lowest BCUT2D eigenvalue weighted by molar-refractivity contribution is 0.100. The van der Waals surface area contributed by atoms with E-state index in [1.54, 1.807) is 29.1 Å². The molecule has 0 aliphatic carbocycles. The molecule has 2 aromatic heterocycles. The van der Waals surface area contributed by atoms with Crippen LogP contribution in [0.25, 0.3) is 0 Å². The molecule has 3 N–H and O–H groups in total. The molecule has 0 radical (unpaired) electrons. The number of carbonyl (C=O) groups is 1. The average Bonchev–Trinajstić information content (AvgIpc) is 2.72. The molecule has 0 bridgehead atoms. The van der Waals surface area contributed by atoms with Crippen molar-refractivity contribution in [1.82, 2.24) is 9.97 Å². The zero-order valence-electron chi connectivity index (χ0n) is 9.30. The summed E-state index contributed by atoms with van der Waals surface area (Å²) in [5.41, 5.74) is 9.15. The summed E-state index contributed by atoms with van der Waals surface area (Å²) in [6.07, 6.45) is 3.08. The van der Waals surface area contributed by atoms with Gasteiger partial charge < -0.3 is 11.1 Å². The number of primary amides is 1. The molecular weight excluding hydrogens is 236 g/mol. The van der Waals surface area contributed by atoms with Gasteiger partial charge >= 0.3 is 0 Å². The van der Waals surface area contributed by atoms with Crippen molar-refractivity contribution in [2.24, 2.45) is 5.73 Å². The number of aromatic nitrogens is 2. The molecule has 0 fully saturated rings. The summed E-state index contributed by atoms with van der Waals surface area (Å²) < 4.78 is 0. The minimum atomic E-state index is -0.485. The van der Waals surface area contributed by atoms with E-state index in [0.29, 0.717) is 17.8 Å². The first kappa shape index (κ1) is 11.5. The van der Waals surface area contributed by atoms with E-state index >= 15 is 0 Å². The lowest BCUT2D eigenvalue weighted by atomic mass is 10.2. The Morgan fingerprint density at radius 2 is 2.41 bits per heavy atom. The van der Waals surface area contributed by atoms with Crippen LogP contribution in [0.1, 0.15) is 20.9 Å². The van der Waals surface area contributed by atoms with Gasteiger partial charge in [-0.1, -0.05) is 0 Å². The Morgan fingerprint density at radius 1 is 1.59 bits per heavy atom. The molecular formula is C11H12N4OS. The topological polar surface area (TPSA) is 80.9 Å². The third-order valence-corrected chi connectivity index (χ3v) is 3.31. The van der Waals surface area contributed by atoms with Crippen molar-refractivity contribution in [1.29, 1.82) is 0 Å². The maximum Gasteiger partial charge on any atom is 0.252 e. The van der Waals surface area contributed by atoms with Gasteiger partial charge in [-0.2, -0.15) is 0 Å². The van der Waals surface area contributed by atoms with Crippen molar-refractivity contribution in [3.05, 3.63) is 40.1 Å². The van der Waals surface area contributed by atoms with Crippen LogP contribution in [0.3, 0.4) is 0 Å². The number of nitrogens with zero attached hydrogens (tertiary/aromatic N) is 2. The fourth-order valence-electron chi connectivity index (χ4n) is 1.42. The van der Waals surface area contributed by atoms with Gasteiger partial charge in [-0.15, -0.1) is 11.3 Å². The number of carbonyl (C=O) groups excluding carboxylic acids is 1. The largest absolute Gasteiger partial charge is 0.379 e. The van der Waals surface area contributed by atoms with E-state index < -0.39 is 5.91 Å². The summed E-state index contributed by atoms with van der Waals surface area (Å²) in [6.45, 7) is 2.58. The minimum absolute atomic E-state index is 0.398. The van der Waals surface area contributed by atoms with Crippen LogP contribution in [-0.4, -0.2) is 15.9 Å². The maximum absolute atomic E-state index is 11.2. The zero-order chi connectivity index (χ0) is 12.3. The number of anilines is 1. The molecule has 2 aromatic rings. The van der Waals surface area contributed by atoms with Crippen LogP contribution in [0, 0.1) is 6.92 Å². The molecule has 1 amide bonds. The molecule has 0 atom stereocenters. The number of thiazole rings is 1. The molecule has 5 nitrogen and oxygen atoms in total. The van der Waals surface area contributed by atoms with Crippen molar-refractivity contribution < 1.29 is 4.79 Å². The van der Waals surface area contributed by atoms with Gasteiger partial charge in [0.25, 0.3) is 5.91 Å². The van der Waals surface area contributed by atoms with Crippen molar-refractivity contribution in [2.45, 2.75) is 13.5 Å². The zero-order valence-corrected chi connectivity index (χ0v) is 10.1. The number of hydrogen-bond donors (Lipinski definition) is 2. The Bertz CT molecular complexity index is 538. The van der Waals surface area contributed by atoms with E-state index in [0.717, 1.165) is 10.6 Å². The number of amides is 1. The number of aryl methyl sites for hydroxylation is 1. The lowest BCUT2D eigenvalue weighted by Crippen LogP contribution is -2.14. The number of nitrogens with one attached hydrogen (secondary N) is 1. The minimum Gasteiger partial charge on any atom is -0.379 e. The summed E-state index contributed by atoms with van der Waals surface area (Å²) >= 11 is 1.58. The Kier molecular flexibility index (Phi) is 3.34. The van der Waals surface area contributed by atoms with Crippen LogP contribution in [0.2, 0.25) is 0 Å². The molecule has 0 spiro atoms. The quantitative estimate of drug-likeness (QED) is 0.860. The SMILES string of the molecule is Cc1ncsc1CNc1ccncc1C(N)=O. The molecule has 6 heteroatoms. The van der Waals surface area contributed by atoms with E-state index in [1.165, 1.54) is 6.20 Å². The predicted octanol–water partition coefficient (Wildman–Crippen LogP) is 1.56. The summed E-state index contributed by atoms with van der Waals surface area (Å²) in [7, 11) is 0. The normalized spacial score (nSPS) is 10.2. The van der Waals surface area contributed by atoms with Gasteiger partial charge in [0.1, 0.15) is 0 Å². The molecule has 2 rings (SSSR count). The first-order valence-electron chi connectivity index (χ1n) is 5.05. The summed E-state index contributed by atoms with van der Waals surface area (Å²) in [5.74, 6) is -0.485. The fraction of sp³-hybridized carbons (Fsp3) is 0.182. The predicted molar refractivity (Wildman–Crippen MR) is 66.9 cm³/mol. The average molecular weight is 248 g/mol. The standard InChI is InChI=1S/C11H12N4OS/c1-7-10(17-6-15-7)5-14-9-2-3-13-4-8(9)11(12)16/h2-4,6H,5H2,1H3,(H2,12,16)(H,13,14). The van der Waals surface area contributed by atoms with Gasteiger partial charge in [0.05, 0.1) is 29.0 Å². The second-order valence-electron chi connectivity index (χ2n) is 3.50. The van der Waals surface area contributed by atoms with Crippen LogP contribution in [0.15, 0.2) is 24.0 Å². The second kappa shape index (κ2) is 4.92. The fourth-order valence-corrected chi connectivity index (χ4v) is 2.13. The van der Waals surface area contributed by atoms with E-state index in [4.69, 9.17) is 5.73 Å². The molecule has 0 aliphatic heterocycles. The highest BCUT2D eigenvalue weighted by molar-refractivity contribution is 7.09. The van der Waals surface area contributed by atoms with Gasteiger partial charge in [-0.3, -0.25) is 9.78 Å². The summed E-state index contributed by atoms with van der Waals surface area (Å²) in [5, 5.41) is 3.17. The van der Waals surface area contributed by atoms with Crippen molar-refractivity contribution in [3.63, 3.8) is 0 Å². The summed E-state index contributed by atoms with van der Waals surface area (Å²) in [6, 6.07) is 1.73. The monoisotopic (exact) mass is 248 g/mol. The number of pyridine rings is 1. The van der Waals surface area contributed by atoms with Crippen molar-refractivity contribution >= 4 is 22.9 Å². The molecule has 0 saturated heterocycles. The molecule has 0 aliphatic rings. The van der Waals surface area contributed by atoms with E-state index in [9.17, 15) is 4.79 Å². The molecule has 17 heavy (non-hydrogen) atoms. The highest BCUT2D eigenvalue weighted by atomic mass is 32.1. The van der Waals surface area contributed by atoms with Gasteiger partial charge in [0, 0.05) is 17.3 Å². The van der Waals surface area contributed by atoms with Gasteiger partial charge in [-0.25, -0.2) is 4.98 Å². The smallest absolute Gasteiger partial charge is 0.252 e. The molecule has 0 unspecified atom stereocenters. The number of hydrogen-bond acceptors (Lipinski definition) is 5. The van der Waals surface area contributed by atoms with E-state index in [1.807, 2.05) is 6.92 Å². The highest BCUT2D eigenvalue weighted by Gasteiger charge is 2.08. The first-order valence-corrected chi connectivity index (χ1v) is 5.93. The Hall–Kier alpha value is -1.95. The van der Waals surface area contributed by atoms with Crippen LogP contribution < -0.4 is 11.1 Å². The maximum atomic E-state index is 11.2. The summed E-state index contributed by atoms with van der Waals surface area (Å²) in [4.78, 5) is 20.4. The number of nitrogens with two attached hydrogens (primary N) is 1.